The third kappa shape index (κ3) is 9.03. The molecule has 1 rings (SSSR count). The van der Waals surface area contributed by atoms with Crippen molar-refractivity contribution in [3.8, 4) is 0 Å². The molecule has 7 nitrogen and oxygen atoms in total. The number of carbonyl (C=O) groups excluding carboxylic acids is 1. The van der Waals surface area contributed by atoms with Crippen LogP contribution in [0.5, 0.6) is 0 Å². The smallest absolute Gasteiger partial charge is 0.408 e. The molecule has 1 aromatic rings. The first-order chi connectivity index (χ1) is 13.0. The predicted octanol–water partition coefficient (Wildman–Crippen LogP) is 2.98. The number of methoxy groups -OCH3 is 1. The van der Waals surface area contributed by atoms with Gasteiger partial charge in [-0.15, -0.1) is 0 Å². The Morgan fingerprint density at radius 3 is 2.25 bits per heavy atom. The third-order valence-electron chi connectivity index (χ3n) is 3.74. The molecule has 1 unspecified atom stereocenters. The highest BCUT2D eigenvalue weighted by Gasteiger charge is 2.25. The van der Waals surface area contributed by atoms with E-state index in [1.807, 2.05) is 34.6 Å². The molecule has 0 aliphatic rings. The van der Waals surface area contributed by atoms with Crippen LogP contribution >= 0.6 is 0 Å². The standard InChI is InChI=1S/C20H33FN4O3/c1-19(2,3)28-18(26)25-20(4,5)13-24-17(22-6)23-12-16(27-7)14-8-10-15(21)11-9-14/h8-11,16H,12-13H2,1-7H3,(H,25,26)(H2,22,23,24). The van der Waals surface area contributed by atoms with Crippen molar-refractivity contribution in [1.29, 1.82) is 0 Å². The lowest BCUT2D eigenvalue weighted by Gasteiger charge is -2.29. The fourth-order valence-corrected chi connectivity index (χ4v) is 2.35. The van der Waals surface area contributed by atoms with E-state index < -0.39 is 17.2 Å². The Balaban J connectivity index is 2.55. The molecule has 0 spiro atoms. The van der Waals surface area contributed by atoms with Crippen molar-refractivity contribution in [3.05, 3.63) is 35.6 Å². The molecule has 28 heavy (non-hydrogen) atoms. The number of carbonyl (C=O) groups is 1. The number of nitrogens with one attached hydrogen (secondary N) is 3. The summed E-state index contributed by atoms with van der Waals surface area (Å²) in [5.41, 5.74) is -0.253. The van der Waals surface area contributed by atoms with Gasteiger partial charge in [0.2, 0.25) is 0 Å². The lowest BCUT2D eigenvalue weighted by molar-refractivity contribution is 0.0474. The van der Waals surface area contributed by atoms with E-state index in [0.29, 0.717) is 19.0 Å². The van der Waals surface area contributed by atoms with Gasteiger partial charge in [0.15, 0.2) is 5.96 Å². The van der Waals surface area contributed by atoms with Gasteiger partial charge < -0.3 is 25.4 Å². The first kappa shape index (κ1) is 23.7. The van der Waals surface area contributed by atoms with Gasteiger partial charge in [-0.1, -0.05) is 12.1 Å². The summed E-state index contributed by atoms with van der Waals surface area (Å²) in [4.78, 5) is 16.2. The predicted molar refractivity (Wildman–Crippen MR) is 109 cm³/mol. The van der Waals surface area contributed by atoms with E-state index in [0.717, 1.165) is 5.56 Å². The molecule has 8 heteroatoms. The number of ether oxygens (including phenoxy) is 2. The van der Waals surface area contributed by atoms with Crippen LogP contribution in [-0.2, 0) is 9.47 Å². The summed E-state index contributed by atoms with van der Waals surface area (Å²) in [5, 5.41) is 9.18. The number of guanidine groups is 1. The highest BCUT2D eigenvalue weighted by molar-refractivity contribution is 5.79. The van der Waals surface area contributed by atoms with Crippen LogP contribution in [0.4, 0.5) is 9.18 Å². The molecule has 1 amide bonds. The number of rotatable bonds is 7. The van der Waals surface area contributed by atoms with Crippen molar-refractivity contribution in [1.82, 2.24) is 16.0 Å². The van der Waals surface area contributed by atoms with Gasteiger partial charge in [0.1, 0.15) is 11.4 Å². The van der Waals surface area contributed by atoms with Crippen molar-refractivity contribution in [2.45, 2.75) is 51.9 Å². The molecule has 158 valence electrons. The van der Waals surface area contributed by atoms with Gasteiger partial charge in [-0.2, -0.15) is 0 Å². The van der Waals surface area contributed by atoms with Crippen molar-refractivity contribution in [2.24, 2.45) is 4.99 Å². The lowest BCUT2D eigenvalue weighted by Crippen LogP contribution is -2.54. The van der Waals surface area contributed by atoms with E-state index in [4.69, 9.17) is 9.47 Å². The van der Waals surface area contributed by atoms with Crippen molar-refractivity contribution in [3.63, 3.8) is 0 Å². The van der Waals surface area contributed by atoms with E-state index in [2.05, 4.69) is 20.9 Å². The van der Waals surface area contributed by atoms with Crippen LogP contribution in [-0.4, -0.2) is 50.4 Å². The van der Waals surface area contributed by atoms with Crippen molar-refractivity contribution >= 4 is 12.1 Å². The highest BCUT2D eigenvalue weighted by Crippen LogP contribution is 2.16. The Kier molecular flexibility index (Phi) is 8.68. The largest absolute Gasteiger partial charge is 0.444 e. The Morgan fingerprint density at radius 1 is 1.14 bits per heavy atom. The van der Waals surface area contributed by atoms with Gasteiger partial charge in [-0.3, -0.25) is 4.99 Å². The second-order valence-corrected chi connectivity index (χ2v) is 8.09. The van der Waals surface area contributed by atoms with E-state index in [1.54, 1.807) is 26.3 Å². The fourth-order valence-electron chi connectivity index (χ4n) is 2.35. The Hall–Kier alpha value is -2.35. The average Bonchev–Trinajstić information content (AvgIpc) is 2.57. The van der Waals surface area contributed by atoms with Crippen LogP contribution in [0, 0.1) is 5.82 Å². The van der Waals surface area contributed by atoms with Gasteiger partial charge in [0, 0.05) is 27.2 Å². The first-order valence-corrected chi connectivity index (χ1v) is 9.20. The van der Waals surface area contributed by atoms with Crippen molar-refractivity contribution < 1.29 is 18.7 Å². The van der Waals surface area contributed by atoms with Crippen LogP contribution < -0.4 is 16.0 Å². The fraction of sp³-hybridized carbons (Fsp3) is 0.600. The zero-order chi connectivity index (χ0) is 21.4. The van der Waals surface area contributed by atoms with E-state index in [1.165, 1.54) is 12.1 Å². The normalized spacial score (nSPS) is 13.6. The SMILES string of the molecule is CN=C(NCC(OC)c1ccc(F)cc1)NCC(C)(C)NC(=O)OC(C)(C)C. The Labute approximate surface area is 167 Å². The molecule has 0 radical (unpaired) electrons. The first-order valence-electron chi connectivity index (χ1n) is 9.20. The molecule has 1 aromatic carbocycles. The summed E-state index contributed by atoms with van der Waals surface area (Å²) >= 11 is 0. The van der Waals surface area contributed by atoms with Crippen LogP contribution in [0.25, 0.3) is 0 Å². The third-order valence-corrected chi connectivity index (χ3v) is 3.74. The maximum absolute atomic E-state index is 13.1. The van der Waals surface area contributed by atoms with Crippen LogP contribution in [0.15, 0.2) is 29.3 Å². The van der Waals surface area contributed by atoms with Gasteiger partial charge in [-0.25, -0.2) is 9.18 Å². The molecular weight excluding hydrogens is 363 g/mol. The summed E-state index contributed by atoms with van der Waals surface area (Å²) in [5.74, 6) is 0.270. The average molecular weight is 397 g/mol. The molecule has 1 atom stereocenters. The molecule has 0 saturated carbocycles. The number of aliphatic imine (C=N–C) groups is 1. The van der Waals surface area contributed by atoms with Gasteiger partial charge in [-0.05, 0) is 52.3 Å². The van der Waals surface area contributed by atoms with Gasteiger partial charge >= 0.3 is 6.09 Å². The molecule has 0 bridgehead atoms. The van der Waals surface area contributed by atoms with Crippen LogP contribution in [0.1, 0.15) is 46.3 Å². The minimum absolute atomic E-state index is 0.257. The zero-order valence-electron chi connectivity index (χ0n) is 17.9. The number of nitrogens with zero attached hydrogens (tertiary/aromatic N) is 1. The highest BCUT2D eigenvalue weighted by atomic mass is 19.1. The molecular formula is C20H33FN4O3. The van der Waals surface area contributed by atoms with Gasteiger partial charge in [0.05, 0.1) is 11.6 Å². The molecule has 3 N–H and O–H groups in total. The molecule has 0 fully saturated rings. The number of benzene rings is 1. The summed E-state index contributed by atoms with van der Waals surface area (Å²) in [6.07, 6.45) is -0.731. The number of halogens is 1. The van der Waals surface area contributed by atoms with E-state index in [9.17, 15) is 9.18 Å². The Bertz CT molecular complexity index is 654. The van der Waals surface area contributed by atoms with Gasteiger partial charge in [0.25, 0.3) is 0 Å². The van der Waals surface area contributed by atoms with Crippen LogP contribution in [0.3, 0.4) is 0 Å². The summed E-state index contributed by atoms with van der Waals surface area (Å²) < 4.78 is 23.9. The number of alkyl carbamates (subject to hydrolysis) is 1. The maximum Gasteiger partial charge on any atom is 0.408 e. The Morgan fingerprint density at radius 2 is 1.75 bits per heavy atom. The van der Waals surface area contributed by atoms with Crippen LogP contribution in [0.2, 0.25) is 0 Å². The quantitative estimate of drug-likeness (QED) is 0.487. The number of hydrogen-bond acceptors (Lipinski definition) is 4. The molecule has 0 aromatic heterocycles. The topological polar surface area (TPSA) is 84.0 Å². The zero-order valence-corrected chi connectivity index (χ0v) is 17.9. The van der Waals surface area contributed by atoms with Crippen molar-refractivity contribution in [2.75, 3.05) is 27.2 Å². The second kappa shape index (κ2) is 10.3. The molecule has 0 saturated heterocycles. The molecule has 0 aliphatic carbocycles. The minimum Gasteiger partial charge on any atom is -0.444 e. The molecule has 0 heterocycles. The second-order valence-electron chi connectivity index (χ2n) is 8.09. The van der Waals surface area contributed by atoms with E-state index >= 15 is 0 Å². The number of amides is 1. The summed E-state index contributed by atoms with van der Waals surface area (Å²) in [6.45, 7) is 10.1. The minimum atomic E-state index is -0.558. The maximum atomic E-state index is 13.1. The lowest BCUT2D eigenvalue weighted by atomic mass is 10.1. The summed E-state index contributed by atoms with van der Waals surface area (Å²) in [6, 6.07) is 6.18. The number of hydrogen-bond donors (Lipinski definition) is 3. The summed E-state index contributed by atoms with van der Waals surface area (Å²) in [7, 11) is 3.25. The van der Waals surface area contributed by atoms with E-state index in [-0.39, 0.29) is 11.9 Å². The molecule has 0 aliphatic heterocycles. The monoisotopic (exact) mass is 396 g/mol.